The summed E-state index contributed by atoms with van der Waals surface area (Å²) in [6.07, 6.45) is 18.5. The number of hydrogen-bond donors (Lipinski definition) is 0. The van der Waals surface area contributed by atoms with Gasteiger partial charge in [0.2, 0.25) is 0 Å². The zero-order valence-electron chi connectivity index (χ0n) is 16.1. The molecule has 0 bridgehead atoms. The Morgan fingerprint density at radius 3 is 2.44 bits per heavy atom. The molecule has 2 nitrogen and oxygen atoms in total. The van der Waals surface area contributed by atoms with Crippen LogP contribution in [0.3, 0.4) is 0 Å². The molecule has 1 aromatic rings. The molecule has 0 N–H and O–H groups in total. The molecule has 2 unspecified atom stereocenters. The number of aromatic nitrogens is 2. The van der Waals surface area contributed by atoms with Gasteiger partial charge in [0, 0.05) is 18.3 Å². The van der Waals surface area contributed by atoms with Crippen molar-refractivity contribution in [1.29, 1.82) is 0 Å². The minimum atomic E-state index is 0.445. The molecule has 0 saturated heterocycles. The summed E-state index contributed by atoms with van der Waals surface area (Å²) in [6.45, 7) is 5.28. The van der Waals surface area contributed by atoms with Gasteiger partial charge in [-0.1, -0.05) is 26.7 Å². The average Bonchev–Trinajstić information content (AvgIpc) is 2.99. The highest BCUT2D eigenvalue weighted by Gasteiger charge is 2.60. The number of hydrogen-bond acceptors (Lipinski definition) is 2. The van der Waals surface area contributed by atoms with E-state index in [0.717, 1.165) is 29.5 Å². The lowest BCUT2D eigenvalue weighted by atomic mass is 9.45. The monoisotopic (exact) mass is 338 g/mol. The zero-order valence-corrected chi connectivity index (χ0v) is 16.1. The van der Waals surface area contributed by atoms with Crippen LogP contribution in [0.5, 0.6) is 0 Å². The van der Waals surface area contributed by atoms with Gasteiger partial charge in [0.05, 0.1) is 0 Å². The summed E-state index contributed by atoms with van der Waals surface area (Å²) in [7, 11) is 0. The van der Waals surface area contributed by atoms with Gasteiger partial charge >= 0.3 is 0 Å². The third-order valence-electron chi connectivity index (χ3n) is 9.48. The third-order valence-corrected chi connectivity index (χ3v) is 9.48. The van der Waals surface area contributed by atoms with E-state index in [1.54, 1.807) is 0 Å². The Labute approximate surface area is 153 Å². The molecule has 1 aromatic heterocycles. The van der Waals surface area contributed by atoms with E-state index in [0.29, 0.717) is 16.7 Å². The van der Waals surface area contributed by atoms with E-state index >= 15 is 0 Å². The van der Waals surface area contributed by atoms with Gasteiger partial charge in [-0.3, -0.25) is 0 Å². The van der Waals surface area contributed by atoms with Gasteiger partial charge in [-0.15, -0.1) is 0 Å². The van der Waals surface area contributed by atoms with Crippen LogP contribution >= 0.6 is 0 Å². The summed E-state index contributed by atoms with van der Waals surface area (Å²) in [4.78, 5) is 9.34. The fraction of sp³-hybridized carbons (Fsp3) is 0.826. The van der Waals surface area contributed by atoms with Crippen LogP contribution in [0.15, 0.2) is 18.5 Å². The summed E-state index contributed by atoms with van der Waals surface area (Å²) >= 11 is 0. The molecule has 4 aliphatic carbocycles. The summed E-state index contributed by atoms with van der Waals surface area (Å²) in [5.41, 5.74) is 1.10. The predicted molar refractivity (Wildman–Crippen MR) is 101 cm³/mol. The Morgan fingerprint density at radius 2 is 1.60 bits per heavy atom. The van der Waals surface area contributed by atoms with Crippen LogP contribution in [0.25, 0.3) is 0 Å². The van der Waals surface area contributed by atoms with Crippen molar-refractivity contribution in [2.24, 2.45) is 34.5 Å². The van der Waals surface area contributed by atoms with Crippen LogP contribution in [-0.2, 0) is 0 Å². The maximum absolute atomic E-state index is 4.67. The molecule has 0 spiro atoms. The molecule has 136 valence electrons. The van der Waals surface area contributed by atoms with E-state index in [-0.39, 0.29) is 0 Å². The first kappa shape index (κ1) is 16.3. The molecule has 4 fully saturated rings. The molecule has 7 atom stereocenters. The largest absolute Gasteiger partial charge is 0.241 e. The first-order chi connectivity index (χ1) is 12.1. The molecule has 0 aliphatic heterocycles. The van der Waals surface area contributed by atoms with Crippen LogP contribution in [0, 0.1) is 34.5 Å². The molecule has 2 heteroatoms. The summed E-state index contributed by atoms with van der Waals surface area (Å²) in [5.74, 6) is 5.65. The maximum atomic E-state index is 4.67. The van der Waals surface area contributed by atoms with E-state index in [9.17, 15) is 0 Å². The highest BCUT2D eigenvalue weighted by Crippen LogP contribution is 2.68. The molecule has 0 aromatic carbocycles. The topological polar surface area (TPSA) is 25.8 Å². The van der Waals surface area contributed by atoms with Gasteiger partial charge in [0.1, 0.15) is 5.82 Å². The second kappa shape index (κ2) is 5.79. The van der Waals surface area contributed by atoms with E-state index in [4.69, 9.17) is 0 Å². The van der Waals surface area contributed by atoms with Gasteiger partial charge in [-0.2, -0.15) is 0 Å². The summed E-state index contributed by atoms with van der Waals surface area (Å²) < 4.78 is 0. The van der Waals surface area contributed by atoms with Crippen molar-refractivity contribution in [2.75, 3.05) is 0 Å². The molecule has 0 amide bonds. The van der Waals surface area contributed by atoms with Crippen molar-refractivity contribution in [3.63, 3.8) is 0 Å². The lowest BCUT2D eigenvalue weighted by Gasteiger charge is -2.60. The second-order valence-corrected chi connectivity index (χ2v) is 10.2. The van der Waals surface area contributed by atoms with Crippen LogP contribution < -0.4 is 0 Å². The van der Waals surface area contributed by atoms with Crippen molar-refractivity contribution in [2.45, 2.75) is 84.0 Å². The number of nitrogens with zero attached hydrogens (tertiary/aromatic N) is 2. The average molecular weight is 339 g/mol. The molecule has 4 aliphatic rings. The van der Waals surface area contributed by atoms with E-state index in [1.165, 1.54) is 64.2 Å². The van der Waals surface area contributed by atoms with E-state index in [2.05, 4.69) is 23.8 Å². The highest BCUT2D eigenvalue weighted by atomic mass is 14.9. The van der Waals surface area contributed by atoms with Gasteiger partial charge in [0.15, 0.2) is 0 Å². The quantitative estimate of drug-likeness (QED) is 0.628. The smallest absolute Gasteiger partial charge is 0.131 e. The van der Waals surface area contributed by atoms with Crippen LogP contribution in [0.1, 0.15) is 89.8 Å². The minimum absolute atomic E-state index is 0.445. The van der Waals surface area contributed by atoms with Crippen LogP contribution in [-0.4, -0.2) is 9.97 Å². The Bertz CT molecular complexity index is 628. The van der Waals surface area contributed by atoms with Gasteiger partial charge < -0.3 is 0 Å². The fourth-order valence-electron chi connectivity index (χ4n) is 8.21. The van der Waals surface area contributed by atoms with E-state index < -0.39 is 0 Å². The van der Waals surface area contributed by atoms with Gasteiger partial charge in [-0.05, 0) is 91.9 Å². The molecule has 1 heterocycles. The summed E-state index contributed by atoms with van der Waals surface area (Å²) in [6, 6.07) is 1.96. The van der Waals surface area contributed by atoms with Gasteiger partial charge in [0.25, 0.3) is 0 Å². The van der Waals surface area contributed by atoms with Crippen molar-refractivity contribution in [1.82, 2.24) is 9.97 Å². The van der Waals surface area contributed by atoms with Crippen LogP contribution in [0.2, 0.25) is 0 Å². The lowest BCUT2D eigenvalue weighted by molar-refractivity contribution is -0.106. The molecule has 4 saturated carbocycles. The standard InChI is InChI=1S/C23H34N2/c1-22-12-4-3-6-16(22)7-8-17-18-9-10-20(21-24-14-5-15-25-21)23(18,2)13-11-19(17)22/h5,14-20H,3-4,6-13H2,1-2H3/t16?,17-,18-,19-,20?,22-,23-/m0/s1. The zero-order chi connectivity index (χ0) is 17.1. The van der Waals surface area contributed by atoms with Gasteiger partial charge in [-0.25, -0.2) is 9.97 Å². The van der Waals surface area contributed by atoms with Crippen LogP contribution in [0.4, 0.5) is 0 Å². The van der Waals surface area contributed by atoms with E-state index in [1.807, 2.05) is 18.5 Å². The normalized spacial score (nSPS) is 49.1. The number of fused-ring (bicyclic) bond motifs is 5. The summed E-state index contributed by atoms with van der Waals surface area (Å²) in [5, 5.41) is 0. The van der Waals surface area contributed by atoms with Crippen molar-refractivity contribution in [3.8, 4) is 0 Å². The lowest BCUT2D eigenvalue weighted by Crippen LogP contribution is -2.52. The first-order valence-electron chi connectivity index (χ1n) is 10.9. The minimum Gasteiger partial charge on any atom is -0.241 e. The van der Waals surface area contributed by atoms with Crippen molar-refractivity contribution >= 4 is 0 Å². The highest BCUT2D eigenvalue weighted by molar-refractivity contribution is 5.15. The number of rotatable bonds is 1. The molecular weight excluding hydrogens is 304 g/mol. The Morgan fingerprint density at radius 1 is 0.800 bits per heavy atom. The molecule has 0 radical (unpaired) electrons. The van der Waals surface area contributed by atoms with Crippen molar-refractivity contribution in [3.05, 3.63) is 24.3 Å². The molecule has 5 rings (SSSR count). The fourth-order valence-corrected chi connectivity index (χ4v) is 8.21. The Kier molecular flexibility index (Phi) is 3.77. The predicted octanol–water partition coefficient (Wildman–Crippen LogP) is 5.99. The third kappa shape index (κ3) is 2.28. The maximum Gasteiger partial charge on any atom is 0.131 e. The van der Waals surface area contributed by atoms with Crippen molar-refractivity contribution < 1.29 is 0 Å². The Balaban J connectivity index is 1.45. The molecule has 25 heavy (non-hydrogen) atoms. The SMILES string of the molecule is C[C@]12CCCCC1CC[C@@H]1[C@@H]2CC[C@]2(C)C(c3ncccn3)CC[C@@H]12. The second-order valence-electron chi connectivity index (χ2n) is 10.2. The Hall–Kier alpha value is -0.920. The first-order valence-corrected chi connectivity index (χ1v) is 10.9. The molecular formula is C23H34N2.